The molecule has 0 bridgehead atoms. The Morgan fingerprint density at radius 3 is 2.59 bits per heavy atom. The van der Waals surface area contributed by atoms with Gasteiger partial charge in [0.1, 0.15) is 17.3 Å². The van der Waals surface area contributed by atoms with E-state index in [0.717, 1.165) is 0 Å². The van der Waals surface area contributed by atoms with E-state index in [2.05, 4.69) is 10.2 Å². The largest absolute Gasteiger partial charge is 0.508 e. The normalized spacial score (nSPS) is 11.5. The zero-order valence-electron chi connectivity index (χ0n) is 8.82. The SMILES string of the molecule is Oc1ccc(/C=N/N=Cc2ccco2)c(O)c1. The first-order valence-electron chi connectivity index (χ1n) is 4.87. The van der Waals surface area contributed by atoms with E-state index in [0.29, 0.717) is 11.3 Å². The molecule has 5 nitrogen and oxygen atoms in total. The number of hydrogen-bond acceptors (Lipinski definition) is 5. The summed E-state index contributed by atoms with van der Waals surface area (Å²) in [7, 11) is 0. The first-order valence-corrected chi connectivity index (χ1v) is 4.87. The van der Waals surface area contributed by atoms with Crippen LogP contribution in [0.2, 0.25) is 0 Å². The molecule has 0 spiro atoms. The van der Waals surface area contributed by atoms with Crippen molar-refractivity contribution in [3.63, 3.8) is 0 Å². The maximum Gasteiger partial charge on any atom is 0.146 e. The minimum Gasteiger partial charge on any atom is -0.508 e. The average molecular weight is 230 g/mol. The molecule has 1 heterocycles. The number of rotatable bonds is 3. The van der Waals surface area contributed by atoms with Gasteiger partial charge in [-0.2, -0.15) is 10.2 Å². The molecule has 0 saturated carbocycles. The number of furan rings is 1. The molecule has 2 aromatic rings. The Kier molecular flexibility index (Phi) is 3.20. The molecule has 1 aromatic carbocycles. The second kappa shape index (κ2) is 4.98. The number of aromatic hydroxyl groups is 2. The highest BCUT2D eigenvalue weighted by molar-refractivity contribution is 5.84. The van der Waals surface area contributed by atoms with Crippen LogP contribution in [0.3, 0.4) is 0 Å². The molecule has 86 valence electrons. The lowest BCUT2D eigenvalue weighted by atomic mass is 10.2. The molecular weight excluding hydrogens is 220 g/mol. The molecule has 2 rings (SSSR count). The van der Waals surface area contributed by atoms with E-state index in [4.69, 9.17) is 9.52 Å². The summed E-state index contributed by atoms with van der Waals surface area (Å²) in [5, 5.41) is 26.0. The van der Waals surface area contributed by atoms with Crippen LogP contribution in [0.1, 0.15) is 11.3 Å². The first-order chi connectivity index (χ1) is 8.25. The van der Waals surface area contributed by atoms with Gasteiger partial charge in [-0.25, -0.2) is 0 Å². The Morgan fingerprint density at radius 2 is 1.88 bits per heavy atom. The molecule has 17 heavy (non-hydrogen) atoms. The van der Waals surface area contributed by atoms with Crippen LogP contribution >= 0.6 is 0 Å². The van der Waals surface area contributed by atoms with Crippen LogP contribution in [-0.2, 0) is 0 Å². The predicted octanol–water partition coefficient (Wildman–Crippen LogP) is 2.14. The highest BCUT2D eigenvalue weighted by atomic mass is 16.3. The fraction of sp³-hybridized carbons (Fsp3) is 0. The molecule has 0 aliphatic heterocycles. The van der Waals surface area contributed by atoms with Gasteiger partial charge in [0.15, 0.2) is 0 Å². The number of phenolic OH excluding ortho intramolecular Hbond substituents is 2. The van der Waals surface area contributed by atoms with Gasteiger partial charge in [0.05, 0.1) is 18.7 Å². The van der Waals surface area contributed by atoms with Gasteiger partial charge in [0, 0.05) is 11.6 Å². The average Bonchev–Trinajstić information content (AvgIpc) is 2.79. The fourth-order valence-corrected chi connectivity index (χ4v) is 1.19. The van der Waals surface area contributed by atoms with Crippen molar-refractivity contribution in [3.8, 4) is 11.5 Å². The van der Waals surface area contributed by atoms with Crippen LogP contribution in [0.25, 0.3) is 0 Å². The molecule has 0 unspecified atom stereocenters. The summed E-state index contributed by atoms with van der Waals surface area (Å²) >= 11 is 0. The van der Waals surface area contributed by atoms with Crippen molar-refractivity contribution < 1.29 is 14.6 Å². The molecule has 0 aliphatic carbocycles. The molecule has 2 N–H and O–H groups in total. The van der Waals surface area contributed by atoms with Crippen LogP contribution in [0.5, 0.6) is 11.5 Å². The van der Waals surface area contributed by atoms with Crippen molar-refractivity contribution in [2.45, 2.75) is 0 Å². The zero-order chi connectivity index (χ0) is 12.1. The predicted molar refractivity (Wildman–Crippen MR) is 63.7 cm³/mol. The summed E-state index contributed by atoms with van der Waals surface area (Å²) in [5.41, 5.74) is 0.472. The van der Waals surface area contributed by atoms with Gasteiger partial charge in [-0.1, -0.05) is 0 Å². The van der Waals surface area contributed by atoms with Crippen molar-refractivity contribution in [3.05, 3.63) is 47.9 Å². The van der Waals surface area contributed by atoms with Gasteiger partial charge in [0.25, 0.3) is 0 Å². The molecule has 0 fully saturated rings. The van der Waals surface area contributed by atoms with E-state index in [-0.39, 0.29) is 11.5 Å². The Labute approximate surface area is 97.4 Å². The van der Waals surface area contributed by atoms with Crippen LogP contribution in [0.15, 0.2) is 51.2 Å². The van der Waals surface area contributed by atoms with Crippen molar-refractivity contribution in [1.29, 1.82) is 0 Å². The lowest BCUT2D eigenvalue weighted by Crippen LogP contribution is -1.81. The highest BCUT2D eigenvalue weighted by Crippen LogP contribution is 2.20. The summed E-state index contributed by atoms with van der Waals surface area (Å²) in [6.45, 7) is 0. The van der Waals surface area contributed by atoms with Crippen LogP contribution < -0.4 is 0 Å². The number of nitrogens with zero attached hydrogens (tertiary/aromatic N) is 2. The summed E-state index contributed by atoms with van der Waals surface area (Å²) < 4.78 is 5.02. The van der Waals surface area contributed by atoms with Gasteiger partial charge in [0.2, 0.25) is 0 Å². The van der Waals surface area contributed by atoms with E-state index in [1.807, 2.05) is 0 Å². The molecule has 0 amide bonds. The minimum atomic E-state index is -0.0538. The number of benzene rings is 1. The maximum atomic E-state index is 9.45. The molecule has 5 heteroatoms. The van der Waals surface area contributed by atoms with Gasteiger partial charge < -0.3 is 14.6 Å². The monoisotopic (exact) mass is 230 g/mol. The van der Waals surface area contributed by atoms with E-state index < -0.39 is 0 Å². The third-order valence-electron chi connectivity index (χ3n) is 2.01. The molecule has 0 atom stereocenters. The molecule has 0 aliphatic rings. The molecule has 0 radical (unpaired) electrons. The summed E-state index contributed by atoms with van der Waals surface area (Å²) in [6.07, 6.45) is 4.37. The third-order valence-corrected chi connectivity index (χ3v) is 2.01. The lowest BCUT2D eigenvalue weighted by molar-refractivity contribution is 0.450. The smallest absolute Gasteiger partial charge is 0.146 e. The van der Waals surface area contributed by atoms with E-state index in [1.165, 1.54) is 36.9 Å². The van der Waals surface area contributed by atoms with Gasteiger partial charge in [-0.15, -0.1) is 0 Å². The van der Waals surface area contributed by atoms with Crippen LogP contribution in [-0.4, -0.2) is 22.6 Å². The number of hydrogen-bond donors (Lipinski definition) is 2. The quantitative estimate of drug-likeness (QED) is 0.626. The van der Waals surface area contributed by atoms with E-state index >= 15 is 0 Å². The fourth-order valence-electron chi connectivity index (χ4n) is 1.19. The van der Waals surface area contributed by atoms with Gasteiger partial charge in [-0.05, 0) is 24.3 Å². The molecular formula is C12H10N2O3. The lowest BCUT2D eigenvalue weighted by Gasteiger charge is -1.97. The first kappa shape index (κ1) is 10.9. The van der Waals surface area contributed by atoms with Crippen LogP contribution in [0.4, 0.5) is 0 Å². The van der Waals surface area contributed by atoms with Crippen molar-refractivity contribution >= 4 is 12.4 Å². The molecule has 1 aromatic heterocycles. The third kappa shape index (κ3) is 2.94. The van der Waals surface area contributed by atoms with Crippen molar-refractivity contribution in [2.75, 3.05) is 0 Å². The Balaban J connectivity index is 2.05. The van der Waals surface area contributed by atoms with Crippen molar-refractivity contribution in [2.24, 2.45) is 10.2 Å². The molecule has 0 saturated heterocycles. The van der Waals surface area contributed by atoms with Gasteiger partial charge >= 0.3 is 0 Å². The van der Waals surface area contributed by atoms with Crippen molar-refractivity contribution in [1.82, 2.24) is 0 Å². The second-order valence-electron chi connectivity index (χ2n) is 3.25. The van der Waals surface area contributed by atoms with Crippen LogP contribution in [0, 0.1) is 0 Å². The summed E-state index contributed by atoms with van der Waals surface area (Å²) in [6, 6.07) is 7.72. The zero-order valence-corrected chi connectivity index (χ0v) is 8.82. The number of phenols is 2. The second-order valence-corrected chi connectivity index (χ2v) is 3.25. The summed E-state index contributed by atoms with van der Waals surface area (Å²) in [4.78, 5) is 0. The van der Waals surface area contributed by atoms with E-state index in [1.54, 1.807) is 12.1 Å². The Morgan fingerprint density at radius 1 is 1.06 bits per heavy atom. The van der Waals surface area contributed by atoms with E-state index in [9.17, 15) is 5.11 Å². The highest BCUT2D eigenvalue weighted by Gasteiger charge is 1.98. The summed E-state index contributed by atoms with van der Waals surface area (Å²) in [5.74, 6) is 0.540. The Bertz CT molecular complexity index is 545. The minimum absolute atomic E-state index is 0.00117. The standard InChI is InChI=1S/C12H10N2O3/c15-10-4-3-9(12(16)6-10)7-13-14-8-11-2-1-5-17-11/h1-8,15-16H/b13-7+,14-8?. The topological polar surface area (TPSA) is 78.3 Å². The Hall–Kier alpha value is -2.56. The van der Waals surface area contributed by atoms with Gasteiger partial charge in [-0.3, -0.25) is 0 Å². The maximum absolute atomic E-state index is 9.45.